The van der Waals surface area contributed by atoms with E-state index in [1.165, 1.54) is 0 Å². The molecule has 3 nitrogen and oxygen atoms in total. The fourth-order valence-electron chi connectivity index (χ4n) is 1.30. The normalized spacial score (nSPS) is 9.80. The van der Waals surface area contributed by atoms with E-state index in [-0.39, 0.29) is 5.91 Å². The van der Waals surface area contributed by atoms with Gasteiger partial charge in [-0.25, -0.2) is 0 Å². The number of nitrogens with zero attached hydrogens (tertiary/aromatic N) is 1. The Kier molecular flexibility index (Phi) is 4.16. The van der Waals surface area contributed by atoms with Crippen molar-refractivity contribution in [2.24, 2.45) is 0 Å². The van der Waals surface area contributed by atoms with Crippen molar-refractivity contribution in [1.29, 1.82) is 0 Å². The van der Waals surface area contributed by atoms with Crippen LogP contribution < -0.4 is 5.32 Å². The lowest BCUT2D eigenvalue weighted by atomic mass is 10.2. The molecule has 0 aromatic heterocycles. The van der Waals surface area contributed by atoms with Crippen molar-refractivity contribution in [3.05, 3.63) is 29.8 Å². The number of benzene rings is 1. The summed E-state index contributed by atoms with van der Waals surface area (Å²) >= 11 is 0. The van der Waals surface area contributed by atoms with Crippen molar-refractivity contribution in [3.8, 4) is 0 Å². The van der Waals surface area contributed by atoms with Gasteiger partial charge in [-0.3, -0.25) is 4.79 Å². The SMILES string of the molecule is CCNc1ccc(C(=O)N(C)CC)cc1. The Hall–Kier alpha value is -1.51. The van der Waals surface area contributed by atoms with E-state index in [1.54, 1.807) is 11.9 Å². The van der Waals surface area contributed by atoms with Gasteiger partial charge in [0.15, 0.2) is 0 Å². The Morgan fingerprint density at radius 3 is 2.33 bits per heavy atom. The second-order valence-corrected chi connectivity index (χ2v) is 3.43. The van der Waals surface area contributed by atoms with Crippen LogP contribution in [0.5, 0.6) is 0 Å². The third-order valence-electron chi connectivity index (χ3n) is 2.33. The molecule has 0 aliphatic rings. The van der Waals surface area contributed by atoms with Crippen LogP contribution in [0.15, 0.2) is 24.3 Å². The summed E-state index contributed by atoms with van der Waals surface area (Å²) in [5.41, 5.74) is 1.79. The van der Waals surface area contributed by atoms with Crippen LogP contribution in [0.4, 0.5) is 5.69 Å². The van der Waals surface area contributed by atoms with Crippen molar-refractivity contribution in [1.82, 2.24) is 4.90 Å². The van der Waals surface area contributed by atoms with E-state index in [1.807, 2.05) is 38.1 Å². The topological polar surface area (TPSA) is 32.3 Å². The van der Waals surface area contributed by atoms with E-state index in [0.29, 0.717) is 0 Å². The third-order valence-corrected chi connectivity index (χ3v) is 2.33. The van der Waals surface area contributed by atoms with Gasteiger partial charge in [-0.1, -0.05) is 0 Å². The van der Waals surface area contributed by atoms with E-state index in [0.717, 1.165) is 24.3 Å². The molecular formula is C12H18N2O. The minimum Gasteiger partial charge on any atom is -0.385 e. The zero-order valence-electron chi connectivity index (χ0n) is 9.58. The molecular weight excluding hydrogens is 188 g/mol. The molecule has 0 atom stereocenters. The van der Waals surface area contributed by atoms with Crippen molar-refractivity contribution >= 4 is 11.6 Å². The van der Waals surface area contributed by atoms with E-state index < -0.39 is 0 Å². The van der Waals surface area contributed by atoms with Crippen molar-refractivity contribution in [2.45, 2.75) is 13.8 Å². The maximum atomic E-state index is 11.8. The number of hydrogen-bond acceptors (Lipinski definition) is 2. The number of hydrogen-bond donors (Lipinski definition) is 1. The molecule has 1 N–H and O–H groups in total. The highest BCUT2D eigenvalue weighted by Crippen LogP contribution is 2.10. The number of nitrogens with one attached hydrogen (secondary N) is 1. The van der Waals surface area contributed by atoms with Gasteiger partial charge in [0.1, 0.15) is 0 Å². The van der Waals surface area contributed by atoms with Gasteiger partial charge in [0.2, 0.25) is 0 Å². The molecule has 0 saturated carbocycles. The first-order valence-corrected chi connectivity index (χ1v) is 5.28. The Bertz CT molecular complexity index is 319. The number of carbonyl (C=O) groups excluding carboxylic acids is 1. The minimum atomic E-state index is 0.0700. The quantitative estimate of drug-likeness (QED) is 0.819. The highest BCUT2D eigenvalue weighted by atomic mass is 16.2. The molecule has 0 bridgehead atoms. The van der Waals surface area contributed by atoms with Gasteiger partial charge in [0.05, 0.1) is 0 Å². The molecule has 1 aromatic carbocycles. The second kappa shape index (κ2) is 5.39. The largest absolute Gasteiger partial charge is 0.385 e. The molecule has 0 unspecified atom stereocenters. The van der Waals surface area contributed by atoms with E-state index in [4.69, 9.17) is 0 Å². The molecule has 0 aliphatic heterocycles. The van der Waals surface area contributed by atoms with Crippen LogP contribution in [0, 0.1) is 0 Å². The Morgan fingerprint density at radius 2 is 1.87 bits per heavy atom. The maximum absolute atomic E-state index is 11.8. The molecule has 3 heteroatoms. The van der Waals surface area contributed by atoms with E-state index in [2.05, 4.69) is 5.32 Å². The average Bonchev–Trinajstić information content (AvgIpc) is 2.28. The standard InChI is InChI=1S/C12H18N2O/c1-4-13-11-8-6-10(7-9-11)12(15)14(3)5-2/h6-9,13H,4-5H2,1-3H3. The highest BCUT2D eigenvalue weighted by molar-refractivity contribution is 5.94. The average molecular weight is 206 g/mol. The predicted octanol–water partition coefficient (Wildman–Crippen LogP) is 2.21. The van der Waals surface area contributed by atoms with Gasteiger partial charge in [-0.05, 0) is 38.1 Å². The Balaban J connectivity index is 2.75. The smallest absolute Gasteiger partial charge is 0.253 e. The van der Waals surface area contributed by atoms with Gasteiger partial charge < -0.3 is 10.2 Å². The summed E-state index contributed by atoms with van der Waals surface area (Å²) in [6.07, 6.45) is 0. The van der Waals surface area contributed by atoms with Crippen molar-refractivity contribution < 1.29 is 4.79 Å². The van der Waals surface area contributed by atoms with Gasteiger partial charge in [-0.15, -0.1) is 0 Å². The monoisotopic (exact) mass is 206 g/mol. The molecule has 82 valence electrons. The van der Waals surface area contributed by atoms with E-state index in [9.17, 15) is 4.79 Å². The number of amides is 1. The first-order chi connectivity index (χ1) is 7.19. The van der Waals surface area contributed by atoms with Gasteiger partial charge in [-0.2, -0.15) is 0 Å². The van der Waals surface area contributed by atoms with Crippen LogP contribution in [0.1, 0.15) is 24.2 Å². The zero-order valence-corrected chi connectivity index (χ0v) is 9.58. The fourth-order valence-corrected chi connectivity index (χ4v) is 1.30. The van der Waals surface area contributed by atoms with Crippen molar-refractivity contribution in [3.63, 3.8) is 0 Å². The summed E-state index contributed by atoms with van der Waals surface area (Å²) in [7, 11) is 1.81. The van der Waals surface area contributed by atoms with Gasteiger partial charge >= 0.3 is 0 Å². The van der Waals surface area contributed by atoms with Gasteiger partial charge in [0, 0.05) is 31.4 Å². The molecule has 0 saturated heterocycles. The lowest BCUT2D eigenvalue weighted by Crippen LogP contribution is -2.26. The molecule has 0 radical (unpaired) electrons. The van der Waals surface area contributed by atoms with Crippen LogP contribution in [-0.4, -0.2) is 30.9 Å². The van der Waals surface area contributed by atoms with Crippen LogP contribution >= 0.6 is 0 Å². The number of rotatable bonds is 4. The van der Waals surface area contributed by atoms with Gasteiger partial charge in [0.25, 0.3) is 5.91 Å². The van der Waals surface area contributed by atoms with Crippen LogP contribution in [0.3, 0.4) is 0 Å². The lowest BCUT2D eigenvalue weighted by molar-refractivity contribution is 0.0802. The second-order valence-electron chi connectivity index (χ2n) is 3.43. The molecule has 1 amide bonds. The summed E-state index contributed by atoms with van der Waals surface area (Å²) in [5, 5.41) is 3.19. The predicted molar refractivity (Wildman–Crippen MR) is 63.2 cm³/mol. The first kappa shape index (κ1) is 11.6. The molecule has 15 heavy (non-hydrogen) atoms. The summed E-state index contributed by atoms with van der Waals surface area (Å²) in [6.45, 7) is 5.63. The molecule has 1 rings (SSSR count). The zero-order chi connectivity index (χ0) is 11.3. The lowest BCUT2D eigenvalue weighted by Gasteiger charge is -2.14. The molecule has 0 heterocycles. The van der Waals surface area contributed by atoms with Crippen molar-refractivity contribution in [2.75, 3.05) is 25.5 Å². The molecule has 0 fully saturated rings. The summed E-state index contributed by atoms with van der Waals surface area (Å²) in [5.74, 6) is 0.0700. The number of anilines is 1. The first-order valence-electron chi connectivity index (χ1n) is 5.28. The highest BCUT2D eigenvalue weighted by Gasteiger charge is 2.08. The molecule has 1 aromatic rings. The van der Waals surface area contributed by atoms with E-state index >= 15 is 0 Å². The van der Waals surface area contributed by atoms with Crippen LogP contribution in [0.25, 0.3) is 0 Å². The minimum absolute atomic E-state index is 0.0700. The number of carbonyl (C=O) groups is 1. The molecule has 0 spiro atoms. The summed E-state index contributed by atoms with van der Waals surface area (Å²) < 4.78 is 0. The summed E-state index contributed by atoms with van der Waals surface area (Å²) in [4.78, 5) is 13.4. The molecule has 0 aliphatic carbocycles. The van der Waals surface area contributed by atoms with Crippen LogP contribution in [0.2, 0.25) is 0 Å². The Morgan fingerprint density at radius 1 is 1.27 bits per heavy atom. The Labute approximate surface area is 91.1 Å². The third kappa shape index (κ3) is 2.98. The maximum Gasteiger partial charge on any atom is 0.253 e. The van der Waals surface area contributed by atoms with Crippen LogP contribution in [-0.2, 0) is 0 Å². The fraction of sp³-hybridized carbons (Fsp3) is 0.417. The summed E-state index contributed by atoms with van der Waals surface area (Å²) in [6, 6.07) is 7.57.